The lowest BCUT2D eigenvalue weighted by Gasteiger charge is -2.32. The SMILES string of the molecule is CC(N)CC(=O)NC1CCN(Cc2ccc(Cl)c(Cl)c2)CC1. The quantitative estimate of drug-likeness (QED) is 0.864. The van der Waals surface area contributed by atoms with E-state index in [4.69, 9.17) is 28.9 Å². The number of nitrogens with one attached hydrogen (secondary N) is 1. The molecule has 1 aliphatic rings. The van der Waals surface area contributed by atoms with Crippen molar-refractivity contribution in [3.8, 4) is 0 Å². The smallest absolute Gasteiger partial charge is 0.221 e. The fraction of sp³-hybridized carbons (Fsp3) is 0.562. The summed E-state index contributed by atoms with van der Waals surface area (Å²) < 4.78 is 0. The number of rotatable bonds is 5. The third-order valence-corrected chi connectivity index (χ3v) is 4.59. The molecule has 6 heteroatoms. The summed E-state index contributed by atoms with van der Waals surface area (Å²) in [7, 11) is 0. The maximum atomic E-state index is 11.7. The third kappa shape index (κ3) is 5.43. The lowest BCUT2D eigenvalue weighted by Crippen LogP contribution is -2.45. The van der Waals surface area contributed by atoms with Gasteiger partial charge in [-0.15, -0.1) is 0 Å². The molecule has 0 bridgehead atoms. The minimum absolute atomic E-state index is 0.0536. The average molecular weight is 344 g/mol. The molecule has 3 N–H and O–H groups in total. The standard InChI is InChI=1S/C16H23Cl2N3O/c1-11(19)8-16(22)20-13-4-6-21(7-5-13)10-12-2-3-14(17)15(18)9-12/h2-3,9,11,13H,4-8,10,19H2,1H3,(H,20,22). The molecule has 0 radical (unpaired) electrons. The molecule has 0 spiro atoms. The zero-order valence-electron chi connectivity index (χ0n) is 12.8. The molecule has 0 aliphatic carbocycles. The molecule has 0 saturated carbocycles. The Morgan fingerprint density at radius 2 is 2.05 bits per heavy atom. The minimum Gasteiger partial charge on any atom is -0.353 e. The van der Waals surface area contributed by atoms with E-state index in [9.17, 15) is 4.79 Å². The van der Waals surface area contributed by atoms with Crippen LogP contribution in [0.3, 0.4) is 0 Å². The van der Waals surface area contributed by atoms with E-state index < -0.39 is 0 Å². The van der Waals surface area contributed by atoms with Crippen LogP contribution in [0.5, 0.6) is 0 Å². The Bertz CT molecular complexity index is 514. The van der Waals surface area contributed by atoms with E-state index in [1.807, 2.05) is 25.1 Å². The van der Waals surface area contributed by atoms with Gasteiger partial charge in [0.2, 0.25) is 5.91 Å². The van der Waals surface area contributed by atoms with Crippen LogP contribution in [0.4, 0.5) is 0 Å². The summed E-state index contributed by atoms with van der Waals surface area (Å²) in [6, 6.07) is 5.93. The first-order valence-electron chi connectivity index (χ1n) is 7.65. The Hall–Kier alpha value is -0.810. The first kappa shape index (κ1) is 17.5. The molecule has 122 valence electrons. The Labute approximate surface area is 141 Å². The van der Waals surface area contributed by atoms with Crippen LogP contribution in [-0.4, -0.2) is 36.0 Å². The molecule has 1 amide bonds. The van der Waals surface area contributed by atoms with Gasteiger partial charge in [-0.1, -0.05) is 29.3 Å². The molecule has 1 saturated heterocycles. The highest BCUT2D eigenvalue weighted by Gasteiger charge is 2.21. The van der Waals surface area contributed by atoms with Crippen molar-refractivity contribution < 1.29 is 4.79 Å². The van der Waals surface area contributed by atoms with Crippen LogP contribution in [0.15, 0.2) is 18.2 Å². The van der Waals surface area contributed by atoms with Crippen LogP contribution in [0.1, 0.15) is 31.7 Å². The number of likely N-dealkylation sites (tertiary alicyclic amines) is 1. The van der Waals surface area contributed by atoms with Gasteiger partial charge in [0, 0.05) is 38.1 Å². The Balaban J connectivity index is 1.77. The fourth-order valence-corrected chi connectivity index (χ4v) is 3.03. The molecule has 1 aromatic carbocycles. The van der Waals surface area contributed by atoms with Crippen molar-refractivity contribution >= 4 is 29.1 Å². The van der Waals surface area contributed by atoms with Crippen molar-refractivity contribution in [2.45, 2.75) is 44.8 Å². The molecule has 1 aromatic rings. The van der Waals surface area contributed by atoms with Crippen LogP contribution in [0, 0.1) is 0 Å². The predicted octanol–water partition coefficient (Wildman–Crippen LogP) is 2.81. The Kier molecular flexibility index (Phi) is 6.50. The lowest BCUT2D eigenvalue weighted by molar-refractivity contribution is -0.122. The number of nitrogens with zero attached hydrogens (tertiary/aromatic N) is 1. The molecule has 1 unspecified atom stereocenters. The molecule has 1 aliphatic heterocycles. The van der Waals surface area contributed by atoms with Gasteiger partial charge >= 0.3 is 0 Å². The zero-order valence-corrected chi connectivity index (χ0v) is 14.3. The molecule has 2 rings (SSSR count). The van der Waals surface area contributed by atoms with Gasteiger partial charge in [-0.2, -0.15) is 0 Å². The van der Waals surface area contributed by atoms with Crippen LogP contribution in [0.25, 0.3) is 0 Å². The van der Waals surface area contributed by atoms with E-state index in [0.29, 0.717) is 16.5 Å². The van der Waals surface area contributed by atoms with Gasteiger partial charge in [0.25, 0.3) is 0 Å². The average Bonchev–Trinajstić information content (AvgIpc) is 2.44. The molecule has 1 heterocycles. The van der Waals surface area contributed by atoms with Crippen molar-refractivity contribution in [2.75, 3.05) is 13.1 Å². The lowest BCUT2D eigenvalue weighted by atomic mass is 10.0. The second-order valence-corrected chi connectivity index (χ2v) is 6.86. The van der Waals surface area contributed by atoms with Crippen molar-refractivity contribution in [1.29, 1.82) is 0 Å². The monoisotopic (exact) mass is 343 g/mol. The number of amides is 1. The first-order chi connectivity index (χ1) is 10.4. The number of halogens is 2. The topological polar surface area (TPSA) is 58.4 Å². The van der Waals surface area contributed by atoms with Crippen LogP contribution < -0.4 is 11.1 Å². The zero-order chi connectivity index (χ0) is 16.1. The normalized spacial score (nSPS) is 18.2. The molecule has 1 fully saturated rings. The van der Waals surface area contributed by atoms with Crippen molar-refractivity contribution in [3.05, 3.63) is 33.8 Å². The van der Waals surface area contributed by atoms with Gasteiger partial charge in [-0.25, -0.2) is 0 Å². The summed E-state index contributed by atoms with van der Waals surface area (Å²) >= 11 is 12.0. The van der Waals surface area contributed by atoms with Gasteiger partial charge in [-0.05, 0) is 37.5 Å². The second-order valence-electron chi connectivity index (χ2n) is 6.05. The molecular formula is C16H23Cl2N3O. The summed E-state index contributed by atoms with van der Waals surface area (Å²) in [5, 5.41) is 4.25. The molecular weight excluding hydrogens is 321 g/mol. The third-order valence-electron chi connectivity index (χ3n) is 3.85. The highest BCUT2D eigenvalue weighted by Crippen LogP contribution is 2.24. The number of carbonyl (C=O) groups is 1. The Morgan fingerprint density at radius 3 is 2.64 bits per heavy atom. The predicted molar refractivity (Wildman–Crippen MR) is 91.2 cm³/mol. The number of hydrogen-bond donors (Lipinski definition) is 2. The maximum absolute atomic E-state index is 11.7. The molecule has 1 atom stereocenters. The van der Waals surface area contributed by atoms with Crippen LogP contribution in [-0.2, 0) is 11.3 Å². The number of carbonyl (C=O) groups excluding carboxylic acids is 1. The van der Waals surface area contributed by atoms with Crippen molar-refractivity contribution in [3.63, 3.8) is 0 Å². The van der Waals surface area contributed by atoms with Gasteiger partial charge in [0.05, 0.1) is 10.0 Å². The van der Waals surface area contributed by atoms with E-state index in [1.54, 1.807) is 0 Å². The van der Waals surface area contributed by atoms with E-state index in [1.165, 1.54) is 0 Å². The maximum Gasteiger partial charge on any atom is 0.221 e. The summed E-state index contributed by atoms with van der Waals surface area (Å²) in [5.74, 6) is 0.0536. The van der Waals surface area contributed by atoms with E-state index >= 15 is 0 Å². The first-order valence-corrected chi connectivity index (χ1v) is 8.41. The summed E-state index contributed by atoms with van der Waals surface area (Å²) in [6.45, 7) is 4.63. The number of nitrogens with two attached hydrogens (primary N) is 1. The van der Waals surface area contributed by atoms with Gasteiger partial charge < -0.3 is 11.1 Å². The minimum atomic E-state index is -0.0882. The van der Waals surface area contributed by atoms with Gasteiger partial charge in [0.1, 0.15) is 0 Å². The molecule has 4 nitrogen and oxygen atoms in total. The summed E-state index contributed by atoms with van der Waals surface area (Å²) in [4.78, 5) is 14.1. The van der Waals surface area contributed by atoms with Gasteiger partial charge in [-0.3, -0.25) is 9.69 Å². The number of piperidine rings is 1. The highest BCUT2D eigenvalue weighted by atomic mass is 35.5. The van der Waals surface area contributed by atoms with Crippen molar-refractivity contribution in [1.82, 2.24) is 10.2 Å². The van der Waals surface area contributed by atoms with Crippen molar-refractivity contribution in [2.24, 2.45) is 5.73 Å². The number of benzene rings is 1. The van der Waals surface area contributed by atoms with Gasteiger partial charge in [0.15, 0.2) is 0 Å². The van der Waals surface area contributed by atoms with E-state index in [2.05, 4.69) is 10.2 Å². The summed E-state index contributed by atoms with van der Waals surface area (Å²) in [5.41, 5.74) is 6.80. The van der Waals surface area contributed by atoms with E-state index in [0.717, 1.165) is 38.0 Å². The molecule has 0 aromatic heterocycles. The van der Waals surface area contributed by atoms with Crippen LogP contribution >= 0.6 is 23.2 Å². The number of hydrogen-bond acceptors (Lipinski definition) is 3. The molecule has 22 heavy (non-hydrogen) atoms. The van der Waals surface area contributed by atoms with E-state index in [-0.39, 0.29) is 18.0 Å². The largest absolute Gasteiger partial charge is 0.353 e. The second kappa shape index (κ2) is 8.16. The fourth-order valence-electron chi connectivity index (χ4n) is 2.71. The highest BCUT2D eigenvalue weighted by molar-refractivity contribution is 6.42. The van der Waals surface area contributed by atoms with Crippen LogP contribution in [0.2, 0.25) is 10.0 Å². The Morgan fingerprint density at radius 1 is 1.36 bits per heavy atom. The summed E-state index contributed by atoms with van der Waals surface area (Å²) in [6.07, 6.45) is 2.32.